The van der Waals surface area contributed by atoms with Gasteiger partial charge in [-0.1, -0.05) is 13.8 Å². The molecule has 0 bridgehead atoms. The Hall–Kier alpha value is -1.13. The molecule has 0 aliphatic rings. The van der Waals surface area contributed by atoms with Crippen molar-refractivity contribution in [2.75, 3.05) is 0 Å². The van der Waals surface area contributed by atoms with Crippen molar-refractivity contribution in [3.8, 4) is 0 Å². The molecule has 0 rings (SSSR count). The molecule has 64 valence electrons. The van der Waals surface area contributed by atoms with Gasteiger partial charge in [-0.05, 0) is 0 Å². The SMILES string of the molecule is CCC(CC)(C(N)=O)[N+](=O)[O-]. The van der Waals surface area contributed by atoms with Crippen molar-refractivity contribution in [1.29, 1.82) is 0 Å². The molecule has 0 aromatic heterocycles. The van der Waals surface area contributed by atoms with Crippen LogP contribution in [0.4, 0.5) is 0 Å². The van der Waals surface area contributed by atoms with Crippen LogP contribution in [0.15, 0.2) is 0 Å². The van der Waals surface area contributed by atoms with E-state index >= 15 is 0 Å². The lowest BCUT2D eigenvalue weighted by Crippen LogP contribution is -2.49. The molecule has 5 heteroatoms. The van der Waals surface area contributed by atoms with Crippen LogP contribution in [-0.2, 0) is 4.79 Å². The number of rotatable bonds is 4. The van der Waals surface area contributed by atoms with Crippen LogP contribution in [-0.4, -0.2) is 16.4 Å². The topological polar surface area (TPSA) is 86.2 Å². The maximum Gasteiger partial charge on any atom is 0.297 e. The smallest absolute Gasteiger partial charge is 0.297 e. The molecule has 0 unspecified atom stereocenters. The number of nitrogens with two attached hydrogens (primary N) is 1. The summed E-state index contributed by atoms with van der Waals surface area (Å²) in [6.45, 7) is 3.16. The summed E-state index contributed by atoms with van der Waals surface area (Å²) in [4.78, 5) is 20.5. The fourth-order valence-electron chi connectivity index (χ4n) is 0.947. The van der Waals surface area contributed by atoms with Crippen molar-refractivity contribution in [3.05, 3.63) is 10.1 Å². The van der Waals surface area contributed by atoms with Crippen molar-refractivity contribution < 1.29 is 9.72 Å². The quantitative estimate of drug-likeness (QED) is 0.474. The molecule has 0 saturated heterocycles. The molecular weight excluding hydrogens is 148 g/mol. The van der Waals surface area contributed by atoms with E-state index in [1.807, 2.05) is 0 Å². The number of primary amides is 1. The highest BCUT2D eigenvalue weighted by Gasteiger charge is 2.45. The summed E-state index contributed by atoms with van der Waals surface area (Å²) in [5, 5.41) is 10.4. The highest BCUT2D eigenvalue weighted by atomic mass is 16.6. The lowest BCUT2D eigenvalue weighted by Gasteiger charge is -2.17. The summed E-state index contributed by atoms with van der Waals surface area (Å²) >= 11 is 0. The van der Waals surface area contributed by atoms with E-state index in [0.29, 0.717) is 0 Å². The van der Waals surface area contributed by atoms with Gasteiger partial charge in [0.05, 0.1) is 0 Å². The molecule has 0 spiro atoms. The molecule has 0 atom stereocenters. The molecule has 0 aliphatic carbocycles. The van der Waals surface area contributed by atoms with E-state index in [-0.39, 0.29) is 12.8 Å². The van der Waals surface area contributed by atoms with Crippen LogP contribution in [0.2, 0.25) is 0 Å². The second kappa shape index (κ2) is 3.32. The zero-order valence-corrected chi connectivity index (χ0v) is 6.66. The summed E-state index contributed by atoms with van der Waals surface area (Å²) in [7, 11) is 0. The third-order valence-electron chi connectivity index (χ3n) is 1.98. The molecule has 0 aromatic rings. The Balaban J connectivity index is 4.76. The van der Waals surface area contributed by atoms with Gasteiger partial charge in [-0.15, -0.1) is 0 Å². The first kappa shape index (κ1) is 9.87. The average Bonchev–Trinajstić information content (AvgIpc) is 1.90. The largest absolute Gasteiger partial charge is 0.363 e. The molecule has 0 fully saturated rings. The summed E-state index contributed by atoms with van der Waals surface area (Å²) in [5.74, 6) is -0.854. The maximum absolute atomic E-state index is 10.7. The molecule has 2 N–H and O–H groups in total. The van der Waals surface area contributed by atoms with Gasteiger partial charge in [-0.2, -0.15) is 0 Å². The zero-order valence-electron chi connectivity index (χ0n) is 6.66. The van der Waals surface area contributed by atoms with Crippen molar-refractivity contribution in [3.63, 3.8) is 0 Å². The van der Waals surface area contributed by atoms with E-state index in [9.17, 15) is 14.9 Å². The number of hydrogen-bond acceptors (Lipinski definition) is 3. The average molecular weight is 160 g/mol. The number of carbonyl (C=O) groups is 1. The third-order valence-corrected chi connectivity index (χ3v) is 1.98. The predicted molar refractivity (Wildman–Crippen MR) is 39.5 cm³/mol. The summed E-state index contributed by atoms with van der Waals surface area (Å²) in [6, 6.07) is 0. The lowest BCUT2D eigenvalue weighted by molar-refractivity contribution is -0.553. The van der Waals surface area contributed by atoms with Gasteiger partial charge in [0, 0.05) is 17.8 Å². The number of nitrogens with zero attached hydrogens (tertiary/aromatic N) is 1. The van der Waals surface area contributed by atoms with Crippen LogP contribution in [0.5, 0.6) is 0 Å². The first-order valence-electron chi connectivity index (χ1n) is 3.45. The van der Waals surface area contributed by atoms with E-state index in [4.69, 9.17) is 5.73 Å². The first-order valence-corrected chi connectivity index (χ1v) is 3.45. The summed E-state index contributed by atoms with van der Waals surface area (Å²) in [5.41, 5.74) is 3.36. The molecule has 0 radical (unpaired) electrons. The van der Waals surface area contributed by atoms with E-state index in [1.165, 1.54) is 0 Å². The number of carbonyl (C=O) groups excluding carboxylic acids is 1. The van der Waals surface area contributed by atoms with Crippen molar-refractivity contribution in [1.82, 2.24) is 0 Å². The van der Waals surface area contributed by atoms with E-state index in [2.05, 4.69) is 0 Å². The zero-order chi connectivity index (χ0) is 9.07. The van der Waals surface area contributed by atoms with Gasteiger partial charge in [0.2, 0.25) is 0 Å². The summed E-state index contributed by atoms with van der Waals surface area (Å²) in [6.07, 6.45) is 0.289. The minimum Gasteiger partial charge on any atom is -0.363 e. The van der Waals surface area contributed by atoms with E-state index in [0.717, 1.165) is 0 Å². The van der Waals surface area contributed by atoms with Gasteiger partial charge in [0.15, 0.2) is 0 Å². The molecule has 0 saturated carbocycles. The normalized spacial score (nSPS) is 11.1. The Morgan fingerprint density at radius 2 is 1.91 bits per heavy atom. The number of nitro groups is 1. The first-order chi connectivity index (χ1) is 5.01. The van der Waals surface area contributed by atoms with Crippen LogP contribution in [0.1, 0.15) is 26.7 Å². The molecule has 0 heterocycles. The predicted octanol–water partition coefficient (Wildman–Crippen LogP) is 0.307. The standard InChI is InChI=1S/C6H12N2O3/c1-3-6(4-2,5(7)9)8(10)11/h3-4H2,1-2H3,(H2,7,9). The van der Waals surface area contributed by atoms with Gasteiger partial charge in [-0.3, -0.25) is 14.9 Å². The Morgan fingerprint density at radius 1 is 1.55 bits per heavy atom. The van der Waals surface area contributed by atoms with Crippen LogP contribution >= 0.6 is 0 Å². The molecule has 0 aromatic carbocycles. The minimum absolute atomic E-state index is 0.145. The second-order valence-electron chi connectivity index (χ2n) is 2.36. The van der Waals surface area contributed by atoms with Gasteiger partial charge in [0.25, 0.3) is 11.4 Å². The number of amides is 1. The molecule has 5 nitrogen and oxygen atoms in total. The van der Waals surface area contributed by atoms with Gasteiger partial charge in [-0.25, -0.2) is 0 Å². The van der Waals surface area contributed by atoms with Crippen molar-refractivity contribution in [2.45, 2.75) is 32.2 Å². The van der Waals surface area contributed by atoms with Gasteiger partial charge >= 0.3 is 0 Å². The Kier molecular flexibility index (Phi) is 2.98. The maximum atomic E-state index is 10.7. The fourth-order valence-corrected chi connectivity index (χ4v) is 0.947. The second-order valence-corrected chi connectivity index (χ2v) is 2.36. The van der Waals surface area contributed by atoms with E-state index < -0.39 is 16.4 Å². The lowest BCUT2D eigenvalue weighted by atomic mass is 9.93. The van der Waals surface area contributed by atoms with Gasteiger partial charge < -0.3 is 5.73 Å². The number of hydrogen-bond donors (Lipinski definition) is 1. The molecule has 1 amide bonds. The van der Waals surface area contributed by atoms with Crippen molar-refractivity contribution >= 4 is 5.91 Å². The Morgan fingerprint density at radius 3 is 1.91 bits per heavy atom. The van der Waals surface area contributed by atoms with Gasteiger partial charge in [0.1, 0.15) is 0 Å². The third kappa shape index (κ3) is 1.47. The minimum atomic E-state index is -1.56. The highest BCUT2D eigenvalue weighted by molar-refractivity contribution is 5.82. The molecule has 11 heavy (non-hydrogen) atoms. The fraction of sp³-hybridized carbons (Fsp3) is 0.833. The Labute approximate surface area is 64.7 Å². The van der Waals surface area contributed by atoms with Crippen LogP contribution < -0.4 is 5.73 Å². The van der Waals surface area contributed by atoms with Crippen LogP contribution in [0.3, 0.4) is 0 Å². The van der Waals surface area contributed by atoms with Crippen molar-refractivity contribution in [2.24, 2.45) is 5.73 Å². The van der Waals surface area contributed by atoms with E-state index in [1.54, 1.807) is 13.8 Å². The summed E-state index contributed by atoms with van der Waals surface area (Å²) < 4.78 is 0. The molecular formula is C6H12N2O3. The Bertz CT molecular complexity index is 159. The van der Waals surface area contributed by atoms with Crippen LogP contribution in [0.25, 0.3) is 0 Å². The molecule has 0 aliphatic heterocycles. The monoisotopic (exact) mass is 160 g/mol. The highest BCUT2D eigenvalue weighted by Crippen LogP contribution is 2.18. The van der Waals surface area contributed by atoms with Crippen LogP contribution in [0, 0.1) is 10.1 Å².